The molecule has 0 aliphatic carbocycles. The average Bonchev–Trinajstić information content (AvgIpc) is 3.07. The molecule has 2 unspecified atom stereocenters. The molecule has 5 nitrogen and oxygen atoms in total. The second-order valence-corrected chi connectivity index (χ2v) is 6.56. The van der Waals surface area contributed by atoms with Crippen LogP contribution in [0.2, 0.25) is 0 Å². The van der Waals surface area contributed by atoms with Crippen LogP contribution in [0.5, 0.6) is 0 Å². The van der Waals surface area contributed by atoms with Crippen LogP contribution in [0, 0.1) is 0 Å². The van der Waals surface area contributed by atoms with E-state index in [-0.39, 0.29) is 12.0 Å². The summed E-state index contributed by atoms with van der Waals surface area (Å²) >= 11 is 3.25. The van der Waals surface area contributed by atoms with Crippen LogP contribution in [0.1, 0.15) is 17.7 Å². The number of rotatable bonds is 7. The van der Waals surface area contributed by atoms with E-state index in [0.717, 1.165) is 5.75 Å². The molecule has 1 aliphatic rings. The fourth-order valence-corrected chi connectivity index (χ4v) is 3.65. The molecule has 2 rings (SSSR count). The lowest BCUT2D eigenvalue weighted by Crippen LogP contribution is -2.34. The number of hydrogen-bond donors (Lipinski definition) is 2. The van der Waals surface area contributed by atoms with Crippen LogP contribution in [-0.2, 0) is 20.1 Å². The highest BCUT2D eigenvalue weighted by molar-refractivity contribution is 7.99. The van der Waals surface area contributed by atoms with Gasteiger partial charge in [0.05, 0.1) is 11.9 Å². The van der Waals surface area contributed by atoms with Crippen molar-refractivity contribution in [3.8, 4) is 0 Å². The van der Waals surface area contributed by atoms with Crippen molar-refractivity contribution in [2.75, 3.05) is 12.3 Å². The van der Waals surface area contributed by atoms with Gasteiger partial charge in [-0.25, -0.2) is 4.79 Å². The summed E-state index contributed by atoms with van der Waals surface area (Å²) in [5.41, 5.74) is 0. The van der Waals surface area contributed by atoms with Gasteiger partial charge in [-0.15, -0.1) is 23.1 Å². The molecule has 110 valence electrons. The van der Waals surface area contributed by atoms with Crippen molar-refractivity contribution >= 4 is 35.0 Å². The van der Waals surface area contributed by atoms with E-state index in [0.29, 0.717) is 25.1 Å². The number of thiophene rings is 1. The Morgan fingerprint density at radius 1 is 1.50 bits per heavy atom. The summed E-state index contributed by atoms with van der Waals surface area (Å²) < 4.78 is 5.32. The zero-order valence-electron chi connectivity index (χ0n) is 10.9. The lowest BCUT2D eigenvalue weighted by molar-refractivity contribution is -0.149. The summed E-state index contributed by atoms with van der Waals surface area (Å²) in [6.07, 6.45) is 0.301. The Bertz CT molecular complexity index is 449. The number of carboxylic acid groups (broad SMARTS) is 1. The Hall–Kier alpha value is -1.05. The molecular formula is C13H17NO4S2. The van der Waals surface area contributed by atoms with Crippen molar-refractivity contribution in [2.24, 2.45) is 0 Å². The highest BCUT2D eigenvalue weighted by Gasteiger charge is 2.30. The van der Waals surface area contributed by atoms with Crippen molar-refractivity contribution in [3.05, 3.63) is 22.4 Å². The van der Waals surface area contributed by atoms with Crippen LogP contribution in [0.15, 0.2) is 17.5 Å². The number of thioether (sulfide) groups is 1. The molecule has 1 aromatic rings. The van der Waals surface area contributed by atoms with Crippen molar-refractivity contribution in [1.29, 1.82) is 0 Å². The van der Waals surface area contributed by atoms with Gasteiger partial charge in [0.25, 0.3) is 0 Å². The quantitative estimate of drug-likeness (QED) is 0.801. The van der Waals surface area contributed by atoms with E-state index in [1.807, 2.05) is 17.5 Å². The summed E-state index contributed by atoms with van der Waals surface area (Å²) in [6, 6.07) is 4.05. The zero-order valence-corrected chi connectivity index (χ0v) is 12.5. The van der Waals surface area contributed by atoms with Crippen molar-refractivity contribution in [3.63, 3.8) is 0 Å². The highest BCUT2D eigenvalue weighted by Crippen LogP contribution is 2.19. The van der Waals surface area contributed by atoms with E-state index < -0.39 is 12.1 Å². The van der Waals surface area contributed by atoms with Crippen LogP contribution in [0.25, 0.3) is 0 Å². The monoisotopic (exact) mass is 315 g/mol. The zero-order chi connectivity index (χ0) is 14.4. The molecule has 20 heavy (non-hydrogen) atoms. The van der Waals surface area contributed by atoms with Gasteiger partial charge in [-0.05, 0) is 24.3 Å². The largest absolute Gasteiger partial charge is 0.479 e. The molecule has 2 N–H and O–H groups in total. The highest BCUT2D eigenvalue weighted by atomic mass is 32.2. The molecule has 2 atom stereocenters. The van der Waals surface area contributed by atoms with Gasteiger partial charge in [-0.2, -0.15) is 0 Å². The number of carboxylic acids is 1. The minimum absolute atomic E-state index is 0.0334. The van der Waals surface area contributed by atoms with E-state index in [9.17, 15) is 9.59 Å². The first-order valence-corrected chi connectivity index (χ1v) is 8.43. The van der Waals surface area contributed by atoms with Gasteiger partial charge < -0.3 is 15.2 Å². The lowest BCUT2D eigenvalue weighted by atomic mass is 10.2. The molecule has 1 saturated heterocycles. The smallest absolute Gasteiger partial charge is 0.332 e. The number of carbonyl (C=O) groups excluding carboxylic acids is 1. The Kier molecular flexibility index (Phi) is 5.87. The van der Waals surface area contributed by atoms with Gasteiger partial charge in [-0.3, -0.25) is 4.79 Å². The molecule has 2 heterocycles. The Morgan fingerprint density at radius 2 is 2.35 bits per heavy atom. The van der Waals surface area contributed by atoms with Gasteiger partial charge in [0.2, 0.25) is 5.91 Å². The first-order chi connectivity index (χ1) is 9.65. The molecule has 1 amide bonds. The molecule has 1 fully saturated rings. The summed E-state index contributed by atoms with van der Waals surface area (Å²) in [5.74, 6) is 0.290. The molecule has 0 saturated carbocycles. The average molecular weight is 315 g/mol. The normalized spacial score (nSPS) is 21.8. The molecule has 1 aromatic heterocycles. The standard InChI is InChI=1S/C13H17NO4S2/c15-12(8-19-7-10-2-1-5-20-10)14-6-9-3-4-11(18-9)13(16)17/h1-2,5,9,11H,3-4,6-8H2,(H,14,15)(H,16,17). The first kappa shape index (κ1) is 15.3. The molecule has 0 radical (unpaired) electrons. The SMILES string of the molecule is O=C(CSCc1cccs1)NCC1CCC(C(=O)O)O1. The fraction of sp³-hybridized carbons (Fsp3) is 0.538. The van der Waals surface area contributed by atoms with Gasteiger partial charge in [0, 0.05) is 17.2 Å². The van der Waals surface area contributed by atoms with E-state index in [1.54, 1.807) is 23.1 Å². The van der Waals surface area contributed by atoms with E-state index in [1.165, 1.54) is 4.88 Å². The van der Waals surface area contributed by atoms with Crippen molar-refractivity contribution in [1.82, 2.24) is 5.32 Å². The van der Waals surface area contributed by atoms with Crippen LogP contribution >= 0.6 is 23.1 Å². The van der Waals surface area contributed by atoms with Crippen LogP contribution in [-0.4, -0.2) is 41.5 Å². The van der Waals surface area contributed by atoms with Gasteiger partial charge in [-0.1, -0.05) is 6.07 Å². The van der Waals surface area contributed by atoms with E-state index in [2.05, 4.69) is 5.32 Å². The minimum Gasteiger partial charge on any atom is -0.479 e. The summed E-state index contributed by atoms with van der Waals surface area (Å²) in [5, 5.41) is 13.6. The Labute approximate surface area is 125 Å². The molecule has 7 heteroatoms. The van der Waals surface area contributed by atoms with E-state index >= 15 is 0 Å². The Balaban J connectivity index is 1.57. The first-order valence-electron chi connectivity index (χ1n) is 6.40. The molecule has 0 aromatic carbocycles. The van der Waals surface area contributed by atoms with E-state index in [4.69, 9.17) is 9.84 Å². The predicted octanol–water partition coefficient (Wildman–Crippen LogP) is 1.73. The summed E-state index contributed by atoms with van der Waals surface area (Å²) in [6.45, 7) is 0.391. The summed E-state index contributed by atoms with van der Waals surface area (Å²) in [4.78, 5) is 23.6. The summed E-state index contributed by atoms with van der Waals surface area (Å²) in [7, 11) is 0. The second-order valence-electron chi connectivity index (χ2n) is 4.54. The second kappa shape index (κ2) is 7.66. The third-order valence-electron chi connectivity index (χ3n) is 2.97. The van der Waals surface area contributed by atoms with Crippen LogP contribution < -0.4 is 5.32 Å². The number of amides is 1. The number of hydrogen-bond acceptors (Lipinski definition) is 5. The van der Waals surface area contributed by atoms with Gasteiger partial charge in [0.15, 0.2) is 6.10 Å². The van der Waals surface area contributed by atoms with Crippen LogP contribution in [0.3, 0.4) is 0 Å². The molecule has 1 aliphatic heterocycles. The topological polar surface area (TPSA) is 75.6 Å². The third kappa shape index (κ3) is 4.81. The minimum atomic E-state index is -0.926. The maximum absolute atomic E-state index is 11.6. The maximum atomic E-state index is 11.6. The number of nitrogens with one attached hydrogen (secondary N) is 1. The lowest BCUT2D eigenvalue weighted by Gasteiger charge is -2.12. The molecule has 0 spiro atoms. The maximum Gasteiger partial charge on any atom is 0.332 e. The van der Waals surface area contributed by atoms with Gasteiger partial charge >= 0.3 is 5.97 Å². The molecule has 0 bridgehead atoms. The number of aliphatic carboxylic acids is 1. The molecular weight excluding hydrogens is 298 g/mol. The Morgan fingerprint density at radius 3 is 3.00 bits per heavy atom. The van der Waals surface area contributed by atoms with Crippen molar-refractivity contribution in [2.45, 2.75) is 30.8 Å². The predicted molar refractivity (Wildman–Crippen MR) is 79.0 cm³/mol. The van der Waals surface area contributed by atoms with Gasteiger partial charge in [0.1, 0.15) is 0 Å². The van der Waals surface area contributed by atoms with Crippen LogP contribution in [0.4, 0.5) is 0 Å². The number of carbonyl (C=O) groups is 2. The number of ether oxygens (including phenoxy) is 1. The third-order valence-corrected chi connectivity index (χ3v) is 5.01. The fourth-order valence-electron chi connectivity index (χ4n) is 1.96. The van der Waals surface area contributed by atoms with Crippen molar-refractivity contribution < 1.29 is 19.4 Å².